The highest BCUT2D eigenvalue weighted by molar-refractivity contribution is 6.01. The smallest absolute Gasteiger partial charge is 0.229 e. The zero-order valence-corrected chi connectivity index (χ0v) is 21.5. The number of benzene rings is 1. The van der Waals surface area contributed by atoms with E-state index in [0.29, 0.717) is 28.9 Å². The lowest BCUT2D eigenvalue weighted by atomic mass is 10.0. The van der Waals surface area contributed by atoms with Crippen LogP contribution in [0.3, 0.4) is 0 Å². The molecule has 1 saturated heterocycles. The van der Waals surface area contributed by atoms with E-state index in [1.165, 1.54) is 0 Å². The average molecular weight is 512 g/mol. The van der Waals surface area contributed by atoms with Crippen molar-refractivity contribution in [3.05, 3.63) is 60.6 Å². The first-order chi connectivity index (χ1) is 18.4. The summed E-state index contributed by atoms with van der Waals surface area (Å²) >= 11 is 0. The number of pyridine rings is 3. The van der Waals surface area contributed by atoms with Gasteiger partial charge in [-0.05, 0) is 44.2 Å². The summed E-state index contributed by atoms with van der Waals surface area (Å²) in [7, 11) is 1.83. The maximum atomic E-state index is 10.2. The Balaban J connectivity index is 1.37. The molecule has 6 rings (SSSR count). The molecule has 3 N–H and O–H groups in total. The number of oxazole rings is 1. The van der Waals surface area contributed by atoms with Crippen LogP contribution in [0.2, 0.25) is 0 Å². The van der Waals surface area contributed by atoms with Crippen LogP contribution in [0, 0.1) is 0 Å². The van der Waals surface area contributed by atoms with Gasteiger partial charge in [0.25, 0.3) is 0 Å². The minimum atomic E-state index is -0.958. The van der Waals surface area contributed by atoms with Crippen LogP contribution in [-0.4, -0.2) is 58.4 Å². The Bertz CT molecular complexity index is 1600. The first-order valence-corrected chi connectivity index (χ1v) is 12.5. The second-order valence-corrected chi connectivity index (χ2v) is 9.77. The molecule has 10 nitrogen and oxygen atoms in total. The third-order valence-corrected chi connectivity index (χ3v) is 6.71. The second-order valence-electron chi connectivity index (χ2n) is 9.77. The van der Waals surface area contributed by atoms with Crippen molar-refractivity contribution in [1.29, 1.82) is 0 Å². The van der Waals surface area contributed by atoms with Crippen molar-refractivity contribution >= 4 is 45.0 Å². The molecule has 0 bridgehead atoms. The number of hydrogen-bond donors (Lipinski definition) is 3. The summed E-state index contributed by atoms with van der Waals surface area (Å²) in [5.74, 6) is 2.43. The number of anilines is 4. The first kappa shape index (κ1) is 24.1. The van der Waals surface area contributed by atoms with E-state index in [1.807, 2.05) is 31.3 Å². The number of aliphatic hydroxyl groups is 1. The van der Waals surface area contributed by atoms with E-state index in [2.05, 4.69) is 42.6 Å². The minimum absolute atomic E-state index is 0.490. The van der Waals surface area contributed by atoms with Gasteiger partial charge in [0.1, 0.15) is 23.0 Å². The molecule has 194 valence electrons. The summed E-state index contributed by atoms with van der Waals surface area (Å²) < 4.78 is 11.7. The van der Waals surface area contributed by atoms with E-state index in [1.54, 1.807) is 32.4 Å². The van der Waals surface area contributed by atoms with Crippen LogP contribution in [-0.2, 0) is 10.3 Å². The quantitative estimate of drug-likeness (QED) is 0.296. The van der Waals surface area contributed by atoms with Crippen LogP contribution >= 0.6 is 0 Å². The molecule has 1 aromatic carbocycles. The molecule has 0 amide bonds. The fourth-order valence-corrected chi connectivity index (χ4v) is 4.58. The molecule has 0 aliphatic carbocycles. The molecule has 10 heteroatoms. The molecule has 38 heavy (non-hydrogen) atoms. The molecule has 0 atom stereocenters. The predicted molar refractivity (Wildman–Crippen MR) is 148 cm³/mol. The van der Waals surface area contributed by atoms with E-state index < -0.39 is 5.60 Å². The van der Waals surface area contributed by atoms with Gasteiger partial charge in [-0.1, -0.05) is 6.07 Å². The Morgan fingerprint density at radius 2 is 1.74 bits per heavy atom. The van der Waals surface area contributed by atoms with Crippen LogP contribution in [0.25, 0.3) is 33.3 Å². The Morgan fingerprint density at radius 3 is 2.47 bits per heavy atom. The van der Waals surface area contributed by atoms with Crippen molar-refractivity contribution in [2.75, 3.05) is 48.9 Å². The summed E-state index contributed by atoms with van der Waals surface area (Å²) in [4.78, 5) is 20.7. The second kappa shape index (κ2) is 9.55. The van der Waals surface area contributed by atoms with Crippen LogP contribution in [0.15, 0.2) is 59.4 Å². The molecule has 0 unspecified atom stereocenters. The van der Waals surface area contributed by atoms with Crippen molar-refractivity contribution in [2.45, 2.75) is 19.4 Å². The van der Waals surface area contributed by atoms with E-state index >= 15 is 0 Å². The first-order valence-electron chi connectivity index (χ1n) is 12.5. The molecule has 0 radical (unpaired) electrons. The van der Waals surface area contributed by atoms with E-state index in [9.17, 15) is 5.11 Å². The molecule has 0 spiro atoms. The molecule has 0 saturated carbocycles. The molecule has 5 aromatic rings. The third kappa shape index (κ3) is 4.59. The van der Waals surface area contributed by atoms with Crippen LogP contribution in [0.1, 0.15) is 19.4 Å². The summed E-state index contributed by atoms with van der Waals surface area (Å²) in [5.41, 5.74) is 3.15. The summed E-state index contributed by atoms with van der Waals surface area (Å²) in [6.07, 6.45) is 5.19. The van der Waals surface area contributed by atoms with Gasteiger partial charge >= 0.3 is 0 Å². The number of rotatable bonds is 6. The SMILES string of the molecule is CNc1ncc(-c2nc3cc(N4CCOCC4)ccc3o2)c2cc(Nc3ccc(C(C)(C)O)cn3)ncc12. The lowest BCUT2D eigenvalue weighted by Gasteiger charge is -2.28. The normalized spacial score (nSPS) is 14.3. The fraction of sp³-hybridized carbons (Fsp3) is 0.286. The van der Waals surface area contributed by atoms with Gasteiger partial charge in [0.2, 0.25) is 5.89 Å². The number of ether oxygens (including phenoxy) is 1. The zero-order valence-electron chi connectivity index (χ0n) is 21.5. The highest BCUT2D eigenvalue weighted by Crippen LogP contribution is 2.35. The number of morpholine rings is 1. The van der Waals surface area contributed by atoms with E-state index in [4.69, 9.17) is 14.1 Å². The number of fused-ring (bicyclic) bond motifs is 2. The van der Waals surface area contributed by atoms with Crippen molar-refractivity contribution in [3.8, 4) is 11.5 Å². The van der Waals surface area contributed by atoms with Gasteiger partial charge in [0.05, 0.1) is 24.4 Å². The van der Waals surface area contributed by atoms with Gasteiger partial charge in [-0.25, -0.2) is 19.9 Å². The van der Waals surface area contributed by atoms with E-state index in [0.717, 1.165) is 59.4 Å². The Hall–Kier alpha value is -4.28. The molecule has 1 aliphatic heterocycles. The summed E-state index contributed by atoms with van der Waals surface area (Å²) in [5, 5.41) is 18.3. The number of aromatic nitrogens is 4. The van der Waals surface area contributed by atoms with Crippen molar-refractivity contribution < 1.29 is 14.3 Å². The molecule has 1 aliphatic rings. The highest BCUT2D eigenvalue weighted by atomic mass is 16.5. The third-order valence-electron chi connectivity index (χ3n) is 6.71. The molecule has 5 heterocycles. The molecule has 4 aromatic heterocycles. The van der Waals surface area contributed by atoms with Crippen molar-refractivity contribution in [1.82, 2.24) is 19.9 Å². The Labute approximate surface area is 219 Å². The Kier molecular flexibility index (Phi) is 6.05. The zero-order chi connectivity index (χ0) is 26.3. The van der Waals surface area contributed by atoms with Crippen molar-refractivity contribution in [2.24, 2.45) is 0 Å². The molecular formula is C28H29N7O3. The van der Waals surface area contributed by atoms with Crippen LogP contribution in [0.5, 0.6) is 0 Å². The standard InChI is InChI=1S/C28H29N7O3/c1-28(2,36)17-4-7-24(30-14-17)34-25-13-19-20(15-31-25)26(29-3)32-16-21(19)27-33-22-12-18(5-6-23(22)38-27)35-8-10-37-11-9-35/h4-7,12-16,36H,8-11H2,1-3H3,(H,29,32)(H,30,31,34). The predicted octanol–water partition coefficient (Wildman–Crippen LogP) is 4.68. The van der Waals surface area contributed by atoms with Crippen LogP contribution in [0.4, 0.5) is 23.1 Å². The van der Waals surface area contributed by atoms with Gasteiger partial charge < -0.3 is 29.8 Å². The van der Waals surface area contributed by atoms with Gasteiger partial charge in [-0.2, -0.15) is 0 Å². The fourth-order valence-electron chi connectivity index (χ4n) is 4.58. The number of nitrogens with zero attached hydrogens (tertiary/aromatic N) is 5. The van der Waals surface area contributed by atoms with E-state index in [-0.39, 0.29) is 0 Å². The number of hydrogen-bond acceptors (Lipinski definition) is 10. The summed E-state index contributed by atoms with van der Waals surface area (Å²) in [6, 6.07) is 11.7. The van der Waals surface area contributed by atoms with Crippen LogP contribution < -0.4 is 15.5 Å². The van der Waals surface area contributed by atoms with Crippen molar-refractivity contribution in [3.63, 3.8) is 0 Å². The lowest BCUT2D eigenvalue weighted by Crippen LogP contribution is -2.36. The average Bonchev–Trinajstić information content (AvgIpc) is 3.36. The maximum absolute atomic E-state index is 10.2. The van der Waals surface area contributed by atoms with Gasteiger partial charge in [0.15, 0.2) is 5.58 Å². The number of nitrogens with one attached hydrogen (secondary N) is 2. The van der Waals surface area contributed by atoms with Gasteiger partial charge in [-0.3, -0.25) is 0 Å². The minimum Gasteiger partial charge on any atom is -0.436 e. The topological polar surface area (TPSA) is 121 Å². The Morgan fingerprint density at radius 1 is 0.921 bits per heavy atom. The monoisotopic (exact) mass is 511 g/mol. The molecular weight excluding hydrogens is 482 g/mol. The van der Waals surface area contributed by atoms with Gasteiger partial charge in [-0.15, -0.1) is 0 Å². The van der Waals surface area contributed by atoms with Gasteiger partial charge in [0, 0.05) is 60.8 Å². The highest BCUT2D eigenvalue weighted by Gasteiger charge is 2.19. The molecule has 1 fully saturated rings. The maximum Gasteiger partial charge on any atom is 0.229 e. The lowest BCUT2D eigenvalue weighted by molar-refractivity contribution is 0.0782. The largest absolute Gasteiger partial charge is 0.436 e. The summed E-state index contributed by atoms with van der Waals surface area (Å²) in [6.45, 7) is 6.61.